The third-order valence-corrected chi connectivity index (χ3v) is 9.32. The quantitative estimate of drug-likeness (QED) is 0.368. The summed E-state index contributed by atoms with van der Waals surface area (Å²) in [5.74, 6) is 0.357. The maximum Gasteiger partial charge on any atom is 0.333 e. The minimum atomic E-state index is -0.238. The Hall–Kier alpha value is -1.62. The summed E-state index contributed by atoms with van der Waals surface area (Å²) in [5.41, 5.74) is 1.37. The molecule has 0 spiro atoms. The summed E-state index contributed by atoms with van der Waals surface area (Å²) in [6.45, 7) is 13.3. The molecule has 2 saturated carbocycles. The summed E-state index contributed by atoms with van der Waals surface area (Å²) >= 11 is 0. The summed E-state index contributed by atoms with van der Waals surface area (Å²) < 4.78 is 17.6. The van der Waals surface area contributed by atoms with Crippen LogP contribution in [0.25, 0.3) is 0 Å². The van der Waals surface area contributed by atoms with Crippen molar-refractivity contribution in [3.8, 4) is 0 Å². The fourth-order valence-corrected chi connectivity index (χ4v) is 6.69. The van der Waals surface area contributed by atoms with E-state index < -0.39 is 0 Å². The van der Waals surface area contributed by atoms with E-state index in [9.17, 15) is 9.59 Å². The van der Waals surface area contributed by atoms with Crippen LogP contribution in [0.2, 0.25) is 0 Å². The molecule has 3 fully saturated rings. The first-order valence-corrected chi connectivity index (χ1v) is 11.4. The second-order valence-corrected chi connectivity index (χ2v) is 10.5. The molecule has 0 aromatic heterocycles. The van der Waals surface area contributed by atoms with Crippen molar-refractivity contribution < 1.29 is 23.8 Å². The number of cyclic esters (lactones) is 1. The van der Waals surface area contributed by atoms with E-state index in [4.69, 9.17) is 14.2 Å². The van der Waals surface area contributed by atoms with Gasteiger partial charge in [-0.15, -0.1) is 0 Å². The molecule has 5 heteroatoms. The summed E-state index contributed by atoms with van der Waals surface area (Å²) in [4.78, 5) is 24.2. The first-order chi connectivity index (χ1) is 14.1. The third-order valence-electron chi connectivity index (χ3n) is 9.32. The van der Waals surface area contributed by atoms with Crippen LogP contribution in [0.5, 0.6) is 0 Å². The standard InChI is InChI=1S/C25H36O5/c1-7-15(2)22(27)29-20-12-16(3)23(4,11-10-17-13-21(26)28-14-17)18-8-9-19-25(6,30-19)24(18,20)5/h7,13,16,18-20H,8-12,14H2,1-6H3/b15-7+/t16-,18+,19-,20-,23-,24+,25-/m1/s1. The molecule has 0 unspecified atom stereocenters. The highest BCUT2D eigenvalue weighted by Crippen LogP contribution is 2.70. The lowest BCUT2D eigenvalue weighted by Crippen LogP contribution is -2.63. The topological polar surface area (TPSA) is 65.1 Å². The SMILES string of the molecule is C/C=C(\C)C(=O)O[C@@H]1C[C@@H](C)[C@@](C)(CCC2=CC(=O)OC2)[C@@H]2CC[C@H]3O[C@@]3(C)[C@]12C. The van der Waals surface area contributed by atoms with Crippen LogP contribution >= 0.6 is 0 Å². The van der Waals surface area contributed by atoms with Crippen LogP contribution in [0.15, 0.2) is 23.3 Å². The largest absolute Gasteiger partial charge is 0.458 e. The number of fused-ring (bicyclic) bond motifs is 3. The van der Waals surface area contributed by atoms with Crippen molar-refractivity contribution in [1.82, 2.24) is 0 Å². The fraction of sp³-hybridized carbons (Fsp3) is 0.760. The molecule has 1 saturated heterocycles. The molecule has 0 radical (unpaired) electrons. The van der Waals surface area contributed by atoms with Crippen LogP contribution in [-0.4, -0.2) is 36.4 Å². The Morgan fingerprint density at radius 1 is 1.30 bits per heavy atom. The Morgan fingerprint density at radius 3 is 2.67 bits per heavy atom. The van der Waals surface area contributed by atoms with E-state index in [1.807, 2.05) is 19.9 Å². The van der Waals surface area contributed by atoms with Gasteiger partial charge in [-0.3, -0.25) is 0 Å². The third kappa shape index (κ3) is 3.07. The van der Waals surface area contributed by atoms with E-state index in [1.165, 1.54) is 0 Å². The molecule has 0 aromatic rings. The second kappa shape index (κ2) is 7.22. The molecule has 0 amide bonds. The van der Waals surface area contributed by atoms with Crippen molar-refractivity contribution in [2.45, 2.75) is 91.5 Å². The van der Waals surface area contributed by atoms with Crippen molar-refractivity contribution in [2.75, 3.05) is 6.61 Å². The molecule has 0 bridgehead atoms. The molecule has 5 nitrogen and oxygen atoms in total. The molecule has 7 atom stereocenters. The maximum atomic E-state index is 12.7. The number of epoxide rings is 1. The minimum absolute atomic E-state index is 0.0830. The van der Waals surface area contributed by atoms with Crippen molar-refractivity contribution in [2.24, 2.45) is 22.7 Å². The van der Waals surface area contributed by atoms with Crippen LogP contribution in [0.3, 0.4) is 0 Å². The predicted molar refractivity (Wildman–Crippen MR) is 114 cm³/mol. The minimum Gasteiger partial charge on any atom is -0.458 e. The van der Waals surface area contributed by atoms with Crippen LogP contribution in [-0.2, 0) is 23.8 Å². The van der Waals surface area contributed by atoms with Crippen LogP contribution in [0.1, 0.15) is 73.6 Å². The Balaban J connectivity index is 1.63. The Bertz CT molecular complexity index is 812. The Labute approximate surface area is 180 Å². The van der Waals surface area contributed by atoms with Gasteiger partial charge in [-0.05, 0) is 75.7 Å². The molecule has 166 valence electrons. The van der Waals surface area contributed by atoms with Crippen LogP contribution < -0.4 is 0 Å². The van der Waals surface area contributed by atoms with Crippen molar-refractivity contribution in [3.05, 3.63) is 23.3 Å². The van der Waals surface area contributed by atoms with E-state index in [1.54, 1.807) is 6.08 Å². The highest BCUT2D eigenvalue weighted by molar-refractivity contribution is 5.87. The van der Waals surface area contributed by atoms with Gasteiger partial charge in [0.2, 0.25) is 0 Å². The van der Waals surface area contributed by atoms with Gasteiger partial charge in [0, 0.05) is 17.1 Å². The first kappa shape index (κ1) is 21.6. The average molecular weight is 417 g/mol. The van der Waals surface area contributed by atoms with Gasteiger partial charge in [-0.25, -0.2) is 9.59 Å². The lowest BCUT2D eigenvalue weighted by atomic mass is 9.43. The second-order valence-electron chi connectivity index (χ2n) is 10.5. The van der Waals surface area contributed by atoms with E-state index in [2.05, 4.69) is 27.7 Å². The molecular weight excluding hydrogens is 380 g/mol. The lowest BCUT2D eigenvalue weighted by molar-refractivity contribution is -0.196. The van der Waals surface area contributed by atoms with E-state index in [0.717, 1.165) is 37.7 Å². The summed E-state index contributed by atoms with van der Waals surface area (Å²) in [6, 6.07) is 0. The van der Waals surface area contributed by atoms with Crippen LogP contribution in [0, 0.1) is 22.7 Å². The highest BCUT2D eigenvalue weighted by Gasteiger charge is 2.75. The zero-order valence-corrected chi connectivity index (χ0v) is 19.2. The zero-order valence-electron chi connectivity index (χ0n) is 19.2. The zero-order chi connectivity index (χ0) is 21.9. The number of esters is 2. The number of hydrogen-bond donors (Lipinski definition) is 0. The van der Waals surface area contributed by atoms with Gasteiger partial charge in [0.1, 0.15) is 18.3 Å². The fourth-order valence-electron chi connectivity index (χ4n) is 6.69. The van der Waals surface area contributed by atoms with E-state index >= 15 is 0 Å². The number of allylic oxidation sites excluding steroid dienone is 1. The smallest absolute Gasteiger partial charge is 0.333 e. The molecule has 2 heterocycles. The van der Waals surface area contributed by atoms with Crippen molar-refractivity contribution >= 4 is 11.9 Å². The van der Waals surface area contributed by atoms with Gasteiger partial charge in [-0.1, -0.05) is 26.8 Å². The first-order valence-electron chi connectivity index (χ1n) is 11.4. The monoisotopic (exact) mass is 416 g/mol. The van der Waals surface area contributed by atoms with Crippen molar-refractivity contribution in [3.63, 3.8) is 0 Å². The van der Waals surface area contributed by atoms with Gasteiger partial charge in [0.15, 0.2) is 0 Å². The molecule has 0 N–H and O–H groups in total. The summed E-state index contributed by atoms with van der Waals surface area (Å²) in [5, 5.41) is 0. The molecule has 4 aliphatic rings. The average Bonchev–Trinajstić information content (AvgIpc) is 3.23. The Kier molecular flexibility index (Phi) is 5.20. The predicted octanol–water partition coefficient (Wildman–Crippen LogP) is 4.75. The molecular formula is C25H36O5. The normalized spacial score (nSPS) is 45.2. The van der Waals surface area contributed by atoms with Gasteiger partial charge < -0.3 is 14.2 Å². The lowest BCUT2D eigenvalue weighted by Gasteiger charge is -2.61. The molecule has 2 aliphatic carbocycles. The molecule has 30 heavy (non-hydrogen) atoms. The van der Waals surface area contributed by atoms with Crippen molar-refractivity contribution in [1.29, 1.82) is 0 Å². The van der Waals surface area contributed by atoms with Crippen LogP contribution in [0.4, 0.5) is 0 Å². The molecule has 4 rings (SSSR count). The van der Waals surface area contributed by atoms with Gasteiger partial charge >= 0.3 is 11.9 Å². The summed E-state index contributed by atoms with van der Waals surface area (Å²) in [7, 11) is 0. The summed E-state index contributed by atoms with van der Waals surface area (Å²) in [6.07, 6.45) is 8.46. The van der Waals surface area contributed by atoms with Gasteiger partial charge in [0.25, 0.3) is 0 Å². The number of rotatable bonds is 5. The highest BCUT2D eigenvalue weighted by atomic mass is 16.6. The number of carbonyl (C=O) groups excluding carboxylic acids is 2. The van der Waals surface area contributed by atoms with E-state index in [-0.39, 0.29) is 40.6 Å². The number of ether oxygens (including phenoxy) is 3. The van der Waals surface area contributed by atoms with Gasteiger partial charge in [0.05, 0.1) is 6.10 Å². The van der Waals surface area contributed by atoms with Gasteiger partial charge in [-0.2, -0.15) is 0 Å². The number of carbonyl (C=O) groups is 2. The molecule has 0 aromatic carbocycles. The number of hydrogen-bond acceptors (Lipinski definition) is 5. The van der Waals surface area contributed by atoms with E-state index in [0.29, 0.717) is 24.0 Å². The molecule has 2 aliphatic heterocycles. The maximum absolute atomic E-state index is 12.7. The Morgan fingerprint density at radius 2 is 2.03 bits per heavy atom.